The van der Waals surface area contributed by atoms with Crippen molar-refractivity contribution >= 4 is 58.2 Å². The lowest BCUT2D eigenvalue weighted by Gasteiger charge is -2.27. The topological polar surface area (TPSA) is 72.3 Å². The summed E-state index contributed by atoms with van der Waals surface area (Å²) in [6.45, 7) is 4.77. The average molecular weight is 527 g/mol. The van der Waals surface area contributed by atoms with Crippen molar-refractivity contribution in [1.29, 1.82) is 0 Å². The molecule has 3 aromatic rings. The third-order valence-electron chi connectivity index (χ3n) is 5.12. The van der Waals surface area contributed by atoms with Crippen LogP contribution in [0.15, 0.2) is 47.6 Å². The van der Waals surface area contributed by atoms with Crippen LogP contribution in [0, 0.1) is 0 Å². The summed E-state index contributed by atoms with van der Waals surface area (Å²) < 4.78 is 7.48. The molecule has 4 rings (SSSR count). The van der Waals surface area contributed by atoms with Crippen molar-refractivity contribution in [3.8, 4) is 11.4 Å². The van der Waals surface area contributed by atoms with Crippen LogP contribution in [-0.2, 0) is 16.1 Å². The summed E-state index contributed by atoms with van der Waals surface area (Å²) in [7, 11) is 0. The van der Waals surface area contributed by atoms with Gasteiger partial charge in [-0.3, -0.25) is 9.69 Å². The van der Waals surface area contributed by atoms with Gasteiger partial charge in [-0.25, -0.2) is 0 Å². The molecular formula is C22H22Cl3N5O2S. The molecule has 2 heterocycles. The molecule has 1 fully saturated rings. The number of aromatic nitrogens is 3. The van der Waals surface area contributed by atoms with Crippen molar-refractivity contribution in [2.24, 2.45) is 0 Å². The fraction of sp³-hybridized carbons (Fsp3) is 0.318. The van der Waals surface area contributed by atoms with Gasteiger partial charge in [-0.2, -0.15) is 0 Å². The number of hydrogen-bond donors (Lipinski definition) is 1. The van der Waals surface area contributed by atoms with E-state index in [4.69, 9.17) is 39.5 Å². The molecule has 0 aliphatic carbocycles. The van der Waals surface area contributed by atoms with Crippen LogP contribution < -0.4 is 5.32 Å². The summed E-state index contributed by atoms with van der Waals surface area (Å²) in [6.07, 6.45) is 0. The summed E-state index contributed by atoms with van der Waals surface area (Å²) >= 11 is 19.7. The Bertz CT molecular complexity index is 1080. The lowest BCUT2D eigenvalue weighted by Crippen LogP contribution is -2.38. The average Bonchev–Trinajstić information content (AvgIpc) is 3.23. The van der Waals surface area contributed by atoms with E-state index in [2.05, 4.69) is 20.4 Å². The van der Waals surface area contributed by atoms with E-state index in [-0.39, 0.29) is 11.7 Å². The number of nitrogens with one attached hydrogen (secondary N) is 1. The Hall–Kier alpha value is -1.81. The highest BCUT2D eigenvalue weighted by molar-refractivity contribution is 7.99. The van der Waals surface area contributed by atoms with Gasteiger partial charge in [0.1, 0.15) is 0 Å². The number of benzene rings is 2. The predicted molar refractivity (Wildman–Crippen MR) is 134 cm³/mol. The molecule has 0 atom stereocenters. The number of morpholine rings is 1. The van der Waals surface area contributed by atoms with Crippen LogP contribution in [0.2, 0.25) is 15.1 Å². The van der Waals surface area contributed by atoms with E-state index in [1.165, 1.54) is 11.8 Å². The highest BCUT2D eigenvalue weighted by atomic mass is 35.5. The van der Waals surface area contributed by atoms with Gasteiger partial charge in [-0.05, 0) is 36.4 Å². The molecule has 7 nitrogen and oxygen atoms in total. The number of anilines is 1. The van der Waals surface area contributed by atoms with Gasteiger partial charge in [0.05, 0.1) is 34.7 Å². The quantitative estimate of drug-likeness (QED) is 0.418. The van der Waals surface area contributed by atoms with Crippen LogP contribution in [0.5, 0.6) is 0 Å². The largest absolute Gasteiger partial charge is 0.379 e. The minimum absolute atomic E-state index is 0.137. The van der Waals surface area contributed by atoms with Gasteiger partial charge in [0.2, 0.25) is 5.91 Å². The van der Waals surface area contributed by atoms with Crippen LogP contribution >= 0.6 is 46.6 Å². The first kappa shape index (κ1) is 24.3. The molecule has 0 unspecified atom stereocenters. The van der Waals surface area contributed by atoms with E-state index >= 15 is 0 Å². The van der Waals surface area contributed by atoms with Crippen LogP contribution in [0.3, 0.4) is 0 Å². The highest BCUT2D eigenvalue weighted by Gasteiger charge is 2.18. The Balaban J connectivity index is 1.49. The maximum absolute atomic E-state index is 12.6. The molecule has 1 aromatic heterocycles. The lowest BCUT2D eigenvalue weighted by atomic mass is 10.2. The Morgan fingerprint density at radius 2 is 1.70 bits per heavy atom. The lowest BCUT2D eigenvalue weighted by molar-refractivity contribution is -0.113. The van der Waals surface area contributed by atoms with Crippen molar-refractivity contribution in [2.45, 2.75) is 11.7 Å². The first-order valence-corrected chi connectivity index (χ1v) is 12.5. The van der Waals surface area contributed by atoms with E-state index < -0.39 is 0 Å². The summed E-state index contributed by atoms with van der Waals surface area (Å²) in [5.74, 6) is 0.639. The van der Waals surface area contributed by atoms with Crippen LogP contribution in [-0.4, -0.2) is 64.2 Å². The van der Waals surface area contributed by atoms with E-state index in [0.717, 1.165) is 44.2 Å². The molecule has 1 aliphatic heterocycles. The third kappa shape index (κ3) is 6.41. The summed E-state index contributed by atoms with van der Waals surface area (Å²) in [5, 5.41) is 13.6. The maximum Gasteiger partial charge on any atom is 0.234 e. The SMILES string of the molecule is O=C(CSc1nnc(-c2ccc(Cl)cc2)n1CCN1CCOCC1)Nc1c(Cl)cccc1Cl. The zero-order valence-corrected chi connectivity index (χ0v) is 20.7. The summed E-state index contributed by atoms with van der Waals surface area (Å²) in [6, 6.07) is 12.6. The number of nitrogens with zero attached hydrogens (tertiary/aromatic N) is 4. The van der Waals surface area contributed by atoms with Crippen LogP contribution in [0.25, 0.3) is 11.4 Å². The van der Waals surface area contributed by atoms with Gasteiger partial charge in [-0.1, -0.05) is 52.6 Å². The number of amides is 1. The fourth-order valence-electron chi connectivity index (χ4n) is 3.40. The Morgan fingerprint density at radius 1 is 1.00 bits per heavy atom. The second-order valence-corrected chi connectivity index (χ2v) is 9.55. The van der Waals surface area contributed by atoms with Crippen molar-refractivity contribution in [1.82, 2.24) is 19.7 Å². The number of halogens is 3. The highest BCUT2D eigenvalue weighted by Crippen LogP contribution is 2.30. The van der Waals surface area contributed by atoms with Crippen molar-refractivity contribution in [2.75, 3.05) is 43.9 Å². The van der Waals surface area contributed by atoms with Crippen molar-refractivity contribution in [3.63, 3.8) is 0 Å². The van der Waals surface area contributed by atoms with Crippen LogP contribution in [0.1, 0.15) is 0 Å². The second-order valence-electron chi connectivity index (χ2n) is 7.35. The van der Waals surface area contributed by atoms with Gasteiger partial charge in [-0.15, -0.1) is 10.2 Å². The molecule has 174 valence electrons. The molecule has 0 radical (unpaired) electrons. The number of para-hydroxylation sites is 1. The molecule has 0 spiro atoms. The Kier molecular flexibility index (Phi) is 8.51. The molecule has 1 aliphatic rings. The minimum Gasteiger partial charge on any atom is -0.379 e. The number of rotatable bonds is 8. The van der Waals surface area contributed by atoms with Gasteiger partial charge < -0.3 is 14.6 Å². The van der Waals surface area contributed by atoms with Crippen molar-refractivity contribution < 1.29 is 9.53 Å². The van der Waals surface area contributed by atoms with Crippen molar-refractivity contribution in [3.05, 3.63) is 57.5 Å². The van der Waals surface area contributed by atoms with E-state index in [1.54, 1.807) is 18.2 Å². The number of thioether (sulfide) groups is 1. The molecule has 0 saturated carbocycles. The molecule has 1 amide bonds. The van der Waals surface area contributed by atoms with Gasteiger partial charge in [0.15, 0.2) is 11.0 Å². The minimum atomic E-state index is -0.231. The smallest absolute Gasteiger partial charge is 0.234 e. The monoisotopic (exact) mass is 525 g/mol. The molecule has 33 heavy (non-hydrogen) atoms. The van der Waals surface area contributed by atoms with E-state index in [1.807, 2.05) is 28.8 Å². The predicted octanol–water partition coefficient (Wildman–Crippen LogP) is 4.97. The molecule has 1 saturated heterocycles. The van der Waals surface area contributed by atoms with Gasteiger partial charge in [0, 0.05) is 36.8 Å². The Morgan fingerprint density at radius 3 is 2.39 bits per heavy atom. The number of carbonyl (C=O) groups is 1. The maximum atomic E-state index is 12.6. The second kappa shape index (κ2) is 11.6. The van der Waals surface area contributed by atoms with E-state index in [0.29, 0.717) is 32.5 Å². The molecule has 1 N–H and O–H groups in total. The molecule has 2 aromatic carbocycles. The number of carbonyl (C=O) groups excluding carboxylic acids is 1. The first-order chi connectivity index (χ1) is 16.0. The molecular weight excluding hydrogens is 505 g/mol. The zero-order valence-electron chi connectivity index (χ0n) is 17.6. The number of hydrogen-bond acceptors (Lipinski definition) is 6. The number of ether oxygens (including phenoxy) is 1. The molecule has 0 bridgehead atoms. The zero-order chi connectivity index (χ0) is 23.2. The normalized spacial score (nSPS) is 14.4. The van der Waals surface area contributed by atoms with Gasteiger partial charge >= 0.3 is 0 Å². The summed E-state index contributed by atoms with van der Waals surface area (Å²) in [5.41, 5.74) is 1.31. The first-order valence-electron chi connectivity index (χ1n) is 10.4. The summed E-state index contributed by atoms with van der Waals surface area (Å²) in [4.78, 5) is 14.9. The van der Waals surface area contributed by atoms with Crippen LogP contribution in [0.4, 0.5) is 5.69 Å². The Labute approximate surface area is 211 Å². The van der Waals surface area contributed by atoms with E-state index in [9.17, 15) is 4.79 Å². The molecule has 11 heteroatoms. The third-order valence-corrected chi connectivity index (χ3v) is 6.97. The fourth-order valence-corrected chi connectivity index (χ4v) is 4.78. The standard InChI is InChI=1S/C22H22Cl3N5O2S/c23-16-6-4-15(5-7-16)21-27-28-22(30(21)9-8-29-10-12-32-13-11-29)33-14-19(31)26-20-17(24)2-1-3-18(20)25/h1-7H,8-14H2,(H,26,31). The van der Waals surface area contributed by atoms with Gasteiger partial charge in [0.25, 0.3) is 0 Å².